The molecule has 0 spiro atoms. The van der Waals surface area contributed by atoms with E-state index in [0.29, 0.717) is 6.54 Å². The topological polar surface area (TPSA) is 46.3 Å². The normalized spacial score (nSPS) is 12.5. The van der Waals surface area contributed by atoms with Gasteiger partial charge in [0.05, 0.1) is 5.92 Å². The molecule has 0 aliphatic heterocycles. The van der Waals surface area contributed by atoms with E-state index in [1.165, 1.54) is 12.8 Å². The minimum absolute atomic E-state index is 0.0293. The fraction of sp³-hybridized carbons (Fsp3) is 0.917. The molecule has 3 nitrogen and oxygen atoms in total. The number of carbonyl (C=O) groups excluding carboxylic acids is 1. The Morgan fingerprint density at radius 1 is 1.27 bits per heavy atom. The summed E-state index contributed by atoms with van der Waals surface area (Å²) in [5.41, 5.74) is 5.60. The molecule has 90 valence electrons. The van der Waals surface area contributed by atoms with Crippen molar-refractivity contribution < 1.29 is 4.79 Å². The maximum absolute atomic E-state index is 11.9. The van der Waals surface area contributed by atoms with Crippen LogP contribution in [0.1, 0.15) is 46.0 Å². The zero-order valence-electron chi connectivity index (χ0n) is 10.5. The summed E-state index contributed by atoms with van der Waals surface area (Å²) < 4.78 is 0. The molecule has 0 aromatic carbocycles. The number of nitrogens with zero attached hydrogens (tertiary/aromatic N) is 1. The lowest BCUT2D eigenvalue weighted by molar-refractivity contribution is -0.134. The summed E-state index contributed by atoms with van der Waals surface area (Å²) in [4.78, 5) is 13.7. The molecule has 3 heteroatoms. The van der Waals surface area contributed by atoms with Gasteiger partial charge in [0.25, 0.3) is 0 Å². The third-order valence-corrected chi connectivity index (χ3v) is 2.74. The smallest absolute Gasteiger partial charge is 0.226 e. The van der Waals surface area contributed by atoms with Crippen LogP contribution in [0.5, 0.6) is 0 Å². The SMILES string of the molecule is CCCCCN(C)C(=O)C(CN)CCC. The molecule has 0 aliphatic rings. The molecular formula is C12H26N2O. The highest BCUT2D eigenvalue weighted by atomic mass is 16.2. The number of rotatable bonds is 8. The van der Waals surface area contributed by atoms with Crippen molar-refractivity contribution in [3.63, 3.8) is 0 Å². The highest BCUT2D eigenvalue weighted by molar-refractivity contribution is 5.78. The zero-order valence-corrected chi connectivity index (χ0v) is 10.5. The molecule has 1 unspecified atom stereocenters. The lowest BCUT2D eigenvalue weighted by Gasteiger charge is -2.22. The summed E-state index contributed by atoms with van der Waals surface area (Å²) in [6.07, 6.45) is 5.42. The van der Waals surface area contributed by atoms with Crippen molar-refractivity contribution >= 4 is 5.91 Å². The number of carbonyl (C=O) groups is 1. The lowest BCUT2D eigenvalue weighted by atomic mass is 10.0. The fourth-order valence-electron chi connectivity index (χ4n) is 1.71. The quantitative estimate of drug-likeness (QED) is 0.628. The molecule has 1 amide bonds. The second-order valence-electron chi connectivity index (χ2n) is 4.19. The van der Waals surface area contributed by atoms with Crippen LogP contribution < -0.4 is 5.73 Å². The summed E-state index contributed by atoms with van der Waals surface area (Å²) in [5.74, 6) is 0.247. The first kappa shape index (κ1) is 14.4. The number of nitrogens with two attached hydrogens (primary N) is 1. The van der Waals surface area contributed by atoms with Gasteiger partial charge in [0, 0.05) is 20.1 Å². The van der Waals surface area contributed by atoms with Crippen molar-refractivity contribution in [2.45, 2.75) is 46.0 Å². The minimum Gasteiger partial charge on any atom is -0.345 e. The molecule has 0 bridgehead atoms. The Balaban J connectivity index is 3.93. The minimum atomic E-state index is 0.0293. The number of hydrogen-bond donors (Lipinski definition) is 1. The monoisotopic (exact) mass is 214 g/mol. The summed E-state index contributed by atoms with van der Waals surface area (Å²) in [6.45, 7) is 5.60. The predicted octanol–water partition coefficient (Wildman–Crippen LogP) is 2.01. The van der Waals surface area contributed by atoms with Crippen LogP contribution in [-0.4, -0.2) is 30.9 Å². The van der Waals surface area contributed by atoms with Crippen molar-refractivity contribution in [1.82, 2.24) is 4.90 Å². The van der Waals surface area contributed by atoms with Gasteiger partial charge < -0.3 is 10.6 Å². The highest BCUT2D eigenvalue weighted by Crippen LogP contribution is 2.09. The van der Waals surface area contributed by atoms with Crippen LogP contribution in [-0.2, 0) is 4.79 Å². The van der Waals surface area contributed by atoms with Gasteiger partial charge in [-0.3, -0.25) is 4.79 Å². The molecule has 0 aromatic rings. The van der Waals surface area contributed by atoms with Crippen LogP contribution in [0.3, 0.4) is 0 Å². The van der Waals surface area contributed by atoms with Gasteiger partial charge in [-0.05, 0) is 12.8 Å². The van der Waals surface area contributed by atoms with E-state index in [-0.39, 0.29) is 11.8 Å². The first-order valence-electron chi connectivity index (χ1n) is 6.12. The van der Waals surface area contributed by atoms with Crippen LogP contribution in [0.4, 0.5) is 0 Å². The molecule has 0 heterocycles. The molecule has 0 saturated heterocycles. The summed E-state index contributed by atoms with van der Waals surface area (Å²) in [6, 6.07) is 0. The maximum Gasteiger partial charge on any atom is 0.226 e. The van der Waals surface area contributed by atoms with Crippen molar-refractivity contribution in [3.05, 3.63) is 0 Å². The van der Waals surface area contributed by atoms with Gasteiger partial charge >= 0.3 is 0 Å². The van der Waals surface area contributed by atoms with Crippen molar-refractivity contribution in [3.8, 4) is 0 Å². The van der Waals surface area contributed by atoms with Gasteiger partial charge in [-0.1, -0.05) is 33.1 Å². The van der Waals surface area contributed by atoms with Gasteiger partial charge in [0.15, 0.2) is 0 Å². The maximum atomic E-state index is 11.9. The summed E-state index contributed by atoms with van der Waals surface area (Å²) >= 11 is 0. The average Bonchev–Trinajstić information content (AvgIpc) is 2.25. The van der Waals surface area contributed by atoms with Crippen molar-refractivity contribution in [2.24, 2.45) is 11.7 Å². The van der Waals surface area contributed by atoms with Crippen molar-refractivity contribution in [2.75, 3.05) is 20.1 Å². The Kier molecular flexibility index (Phi) is 8.38. The van der Waals surface area contributed by atoms with E-state index < -0.39 is 0 Å². The second kappa shape index (κ2) is 8.72. The van der Waals surface area contributed by atoms with E-state index in [1.54, 1.807) is 0 Å². The Hall–Kier alpha value is -0.570. The lowest BCUT2D eigenvalue weighted by Crippen LogP contribution is -2.37. The Bertz CT molecular complexity index is 171. The van der Waals surface area contributed by atoms with Crippen LogP contribution in [0.15, 0.2) is 0 Å². The number of unbranched alkanes of at least 4 members (excludes halogenated alkanes) is 2. The summed E-state index contributed by atoms with van der Waals surface area (Å²) in [5, 5.41) is 0. The molecule has 0 rings (SSSR count). The zero-order chi connectivity index (χ0) is 11.7. The van der Waals surface area contributed by atoms with Gasteiger partial charge in [0.2, 0.25) is 5.91 Å². The number of amides is 1. The Morgan fingerprint density at radius 2 is 1.93 bits per heavy atom. The van der Waals surface area contributed by atoms with Crippen LogP contribution in [0, 0.1) is 5.92 Å². The van der Waals surface area contributed by atoms with E-state index in [0.717, 1.165) is 25.8 Å². The van der Waals surface area contributed by atoms with Gasteiger partial charge in [-0.15, -0.1) is 0 Å². The second-order valence-corrected chi connectivity index (χ2v) is 4.19. The van der Waals surface area contributed by atoms with Crippen LogP contribution >= 0.6 is 0 Å². The molecule has 0 aromatic heterocycles. The largest absolute Gasteiger partial charge is 0.345 e. The molecular weight excluding hydrogens is 188 g/mol. The first-order chi connectivity index (χ1) is 7.17. The standard InChI is InChI=1S/C12H26N2O/c1-4-6-7-9-14(3)12(15)11(10-13)8-5-2/h11H,4-10,13H2,1-3H3. The molecule has 0 fully saturated rings. The highest BCUT2D eigenvalue weighted by Gasteiger charge is 2.18. The third kappa shape index (κ3) is 5.78. The van der Waals surface area contributed by atoms with E-state index in [9.17, 15) is 4.79 Å². The Morgan fingerprint density at radius 3 is 2.40 bits per heavy atom. The van der Waals surface area contributed by atoms with Crippen LogP contribution in [0.2, 0.25) is 0 Å². The number of hydrogen-bond acceptors (Lipinski definition) is 2. The molecule has 1 atom stereocenters. The fourth-order valence-corrected chi connectivity index (χ4v) is 1.71. The van der Waals surface area contributed by atoms with E-state index in [1.807, 2.05) is 11.9 Å². The Labute approximate surface area is 94.0 Å². The van der Waals surface area contributed by atoms with E-state index >= 15 is 0 Å². The van der Waals surface area contributed by atoms with E-state index in [4.69, 9.17) is 5.73 Å². The predicted molar refractivity (Wildman–Crippen MR) is 64.6 cm³/mol. The molecule has 2 N–H and O–H groups in total. The van der Waals surface area contributed by atoms with Crippen LogP contribution in [0.25, 0.3) is 0 Å². The molecule has 0 radical (unpaired) electrons. The first-order valence-corrected chi connectivity index (χ1v) is 6.12. The van der Waals surface area contributed by atoms with Crippen molar-refractivity contribution in [1.29, 1.82) is 0 Å². The molecule has 0 aliphatic carbocycles. The van der Waals surface area contributed by atoms with Gasteiger partial charge in [-0.2, -0.15) is 0 Å². The van der Waals surface area contributed by atoms with Gasteiger partial charge in [-0.25, -0.2) is 0 Å². The van der Waals surface area contributed by atoms with E-state index in [2.05, 4.69) is 13.8 Å². The molecule has 0 saturated carbocycles. The molecule has 15 heavy (non-hydrogen) atoms. The van der Waals surface area contributed by atoms with Gasteiger partial charge in [0.1, 0.15) is 0 Å². The summed E-state index contributed by atoms with van der Waals surface area (Å²) in [7, 11) is 1.89. The third-order valence-electron chi connectivity index (χ3n) is 2.74. The average molecular weight is 214 g/mol.